The lowest BCUT2D eigenvalue weighted by Gasteiger charge is -2.28. The molecule has 1 saturated carbocycles. The molecule has 200 valence electrons. The highest BCUT2D eigenvalue weighted by molar-refractivity contribution is 6.00. The Morgan fingerprint density at radius 3 is 2.78 bits per heavy atom. The van der Waals surface area contributed by atoms with Crippen LogP contribution in [-0.2, 0) is 28.6 Å². The smallest absolute Gasteiger partial charge is 0.433 e. The first kappa shape index (κ1) is 27.8. The van der Waals surface area contributed by atoms with E-state index in [1.807, 2.05) is 12.2 Å². The van der Waals surface area contributed by atoms with Crippen molar-refractivity contribution in [1.82, 2.24) is 10.2 Å². The minimum atomic E-state index is -1.19. The van der Waals surface area contributed by atoms with Crippen LogP contribution in [0.5, 0.6) is 0 Å². The Hall–Kier alpha value is -2.79. The number of hydrogen-bond acceptors (Lipinski definition) is 8. The fraction of sp³-hybridized carbons (Fsp3) is 0.720. The van der Waals surface area contributed by atoms with Gasteiger partial charge in [0.2, 0.25) is 11.8 Å². The summed E-state index contributed by atoms with van der Waals surface area (Å²) < 4.78 is 16.1. The van der Waals surface area contributed by atoms with Gasteiger partial charge in [0.1, 0.15) is 17.2 Å². The Kier molecular flexibility index (Phi) is 8.89. The molecule has 0 aromatic carbocycles. The van der Waals surface area contributed by atoms with Crippen molar-refractivity contribution in [2.24, 2.45) is 16.8 Å². The first-order valence-electron chi connectivity index (χ1n) is 12.5. The van der Waals surface area contributed by atoms with Crippen molar-refractivity contribution >= 4 is 30.1 Å². The standard InChI is InChI=1S/C25H37N3O8/c1-5-35-22(32)25-13-17(25)8-6-7-10-34-11-9-16(14-26-23(33)36-24(2,3)4)21(31)28-15-18(29)12-19(28)20(30)27-25/h6,8,14,16-19,29H,5,7,9-13,15H2,1-4H3,(H,27,30)/b8-6-,26-14?/t16?,17-,18-,19+,25-/m1/s1. The van der Waals surface area contributed by atoms with E-state index in [1.54, 1.807) is 27.7 Å². The van der Waals surface area contributed by atoms with Gasteiger partial charge in [0.15, 0.2) is 0 Å². The van der Waals surface area contributed by atoms with E-state index in [0.29, 0.717) is 19.4 Å². The van der Waals surface area contributed by atoms with Gasteiger partial charge in [-0.1, -0.05) is 12.2 Å². The number of amides is 3. The Bertz CT molecular complexity index is 911. The molecule has 1 saturated heterocycles. The zero-order chi connectivity index (χ0) is 26.5. The van der Waals surface area contributed by atoms with Crippen molar-refractivity contribution in [3.8, 4) is 0 Å². The van der Waals surface area contributed by atoms with Crippen molar-refractivity contribution in [3.05, 3.63) is 12.2 Å². The maximum Gasteiger partial charge on any atom is 0.433 e. The first-order chi connectivity index (χ1) is 17.0. The summed E-state index contributed by atoms with van der Waals surface area (Å²) in [5, 5.41) is 13.1. The summed E-state index contributed by atoms with van der Waals surface area (Å²) in [4.78, 5) is 56.7. The molecule has 3 aliphatic rings. The van der Waals surface area contributed by atoms with Gasteiger partial charge in [-0.3, -0.25) is 9.59 Å². The Morgan fingerprint density at radius 1 is 1.33 bits per heavy atom. The summed E-state index contributed by atoms with van der Waals surface area (Å²) in [7, 11) is 0. The molecule has 1 unspecified atom stereocenters. The van der Waals surface area contributed by atoms with Gasteiger partial charge in [-0.2, -0.15) is 4.99 Å². The molecule has 0 spiro atoms. The highest BCUT2D eigenvalue weighted by Crippen LogP contribution is 2.46. The highest BCUT2D eigenvalue weighted by atomic mass is 16.6. The van der Waals surface area contributed by atoms with Crippen LogP contribution in [0.3, 0.4) is 0 Å². The fourth-order valence-electron chi connectivity index (χ4n) is 4.46. The van der Waals surface area contributed by atoms with Crippen LogP contribution in [0.2, 0.25) is 0 Å². The van der Waals surface area contributed by atoms with Gasteiger partial charge in [0.05, 0.1) is 25.2 Å². The van der Waals surface area contributed by atoms with Crippen LogP contribution in [0.25, 0.3) is 0 Å². The SMILES string of the molecule is CCOC(=O)[C@@]12C[C@H]1/C=C\CCOCCC(C=NC(=O)OC(C)(C)C)C(=O)N1C[C@H](O)C[C@H]1C(=O)N2. The van der Waals surface area contributed by atoms with Gasteiger partial charge in [-0.15, -0.1) is 0 Å². The number of fused-ring (bicyclic) bond motifs is 2. The average Bonchev–Trinajstić information content (AvgIpc) is 3.33. The predicted octanol–water partition coefficient (Wildman–Crippen LogP) is 1.37. The molecule has 3 amide bonds. The number of aliphatic imine (C=N–C) groups is 1. The molecule has 3 rings (SSSR count). The van der Waals surface area contributed by atoms with Crippen molar-refractivity contribution in [2.45, 2.75) is 76.7 Å². The lowest BCUT2D eigenvalue weighted by Crippen LogP contribution is -2.54. The molecule has 0 bridgehead atoms. The molecule has 0 aromatic rings. The van der Waals surface area contributed by atoms with Crippen molar-refractivity contribution in [1.29, 1.82) is 0 Å². The minimum Gasteiger partial charge on any atom is -0.464 e. The van der Waals surface area contributed by atoms with Gasteiger partial charge in [0, 0.05) is 31.7 Å². The summed E-state index contributed by atoms with van der Waals surface area (Å²) in [6.45, 7) is 7.57. The number of carbonyl (C=O) groups is 4. The number of rotatable bonds is 3. The molecular weight excluding hydrogens is 470 g/mol. The second-order valence-electron chi connectivity index (χ2n) is 10.4. The fourth-order valence-corrected chi connectivity index (χ4v) is 4.46. The summed E-state index contributed by atoms with van der Waals surface area (Å²) in [6.07, 6.45) is 4.50. The molecule has 2 N–H and O–H groups in total. The maximum absolute atomic E-state index is 13.5. The molecule has 5 atom stereocenters. The Balaban J connectivity index is 1.85. The van der Waals surface area contributed by atoms with E-state index in [-0.39, 0.29) is 38.5 Å². The molecule has 36 heavy (non-hydrogen) atoms. The lowest BCUT2D eigenvalue weighted by molar-refractivity contribution is -0.150. The molecule has 1 aliphatic carbocycles. The second-order valence-corrected chi connectivity index (χ2v) is 10.4. The van der Waals surface area contributed by atoms with E-state index < -0.39 is 53.1 Å². The Labute approximate surface area is 211 Å². The van der Waals surface area contributed by atoms with Crippen LogP contribution >= 0.6 is 0 Å². The van der Waals surface area contributed by atoms with Crippen LogP contribution in [0.1, 0.15) is 53.4 Å². The number of aliphatic hydroxyl groups excluding tert-OH is 1. The normalized spacial score (nSPS) is 32.5. The maximum atomic E-state index is 13.5. The third kappa shape index (κ3) is 6.91. The number of ether oxygens (including phenoxy) is 3. The van der Waals surface area contributed by atoms with Gasteiger partial charge < -0.3 is 29.5 Å². The molecule has 2 fully saturated rings. The van der Waals surface area contributed by atoms with Crippen LogP contribution in [0.4, 0.5) is 4.79 Å². The van der Waals surface area contributed by atoms with Crippen molar-refractivity contribution in [2.75, 3.05) is 26.4 Å². The van der Waals surface area contributed by atoms with E-state index >= 15 is 0 Å². The molecule has 11 nitrogen and oxygen atoms in total. The van der Waals surface area contributed by atoms with Crippen LogP contribution < -0.4 is 5.32 Å². The molecule has 0 aromatic heterocycles. The third-order valence-electron chi connectivity index (χ3n) is 6.31. The van der Waals surface area contributed by atoms with E-state index in [4.69, 9.17) is 14.2 Å². The van der Waals surface area contributed by atoms with Gasteiger partial charge >= 0.3 is 12.1 Å². The highest BCUT2D eigenvalue weighted by Gasteiger charge is 2.62. The number of carbonyl (C=O) groups excluding carboxylic acids is 4. The monoisotopic (exact) mass is 507 g/mol. The summed E-state index contributed by atoms with van der Waals surface area (Å²) in [5.41, 5.74) is -1.93. The third-order valence-corrected chi connectivity index (χ3v) is 6.31. The number of hydrogen-bond donors (Lipinski definition) is 2. The minimum absolute atomic E-state index is 0.0312. The molecular formula is C25H37N3O8. The topological polar surface area (TPSA) is 144 Å². The van der Waals surface area contributed by atoms with Crippen LogP contribution in [-0.4, -0.2) is 89.7 Å². The number of nitrogens with zero attached hydrogens (tertiary/aromatic N) is 2. The zero-order valence-electron chi connectivity index (χ0n) is 21.4. The second kappa shape index (κ2) is 11.5. The molecule has 11 heteroatoms. The summed E-state index contributed by atoms with van der Waals surface area (Å²) in [5.74, 6) is -2.61. The quantitative estimate of drug-likeness (QED) is 0.331. The summed E-state index contributed by atoms with van der Waals surface area (Å²) in [6, 6.07) is -0.979. The van der Waals surface area contributed by atoms with E-state index in [0.717, 1.165) is 0 Å². The summed E-state index contributed by atoms with van der Waals surface area (Å²) >= 11 is 0. The number of nitrogens with one attached hydrogen (secondary N) is 1. The van der Waals surface area contributed by atoms with Gasteiger partial charge in [0.25, 0.3) is 0 Å². The zero-order valence-corrected chi connectivity index (χ0v) is 21.4. The van der Waals surface area contributed by atoms with Crippen LogP contribution in [0, 0.1) is 11.8 Å². The van der Waals surface area contributed by atoms with Gasteiger partial charge in [-0.05, 0) is 47.0 Å². The van der Waals surface area contributed by atoms with Crippen molar-refractivity contribution in [3.63, 3.8) is 0 Å². The molecule has 0 radical (unpaired) electrons. The van der Waals surface area contributed by atoms with E-state index in [2.05, 4.69) is 10.3 Å². The lowest BCUT2D eigenvalue weighted by atomic mass is 10.0. The van der Waals surface area contributed by atoms with Crippen LogP contribution in [0.15, 0.2) is 17.1 Å². The number of esters is 1. The number of aliphatic hydroxyl groups is 1. The molecule has 2 heterocycles. The first-order valence-corrected chi connectivity index (χ1v) is 12.5. The van der Waals surface area contributed by atoms with Gasteiger partial charge in [-0.25, -0.2) is 9.59 Å². The average molecular weight is 508 g/mol. The van der Waals surface area contributed by atoms with Crippen molar-refractivity contribution < 1.29 is 38.5 Å². The predicted molar refractivity (Wildman–Crippen MR) is 129 cm³/mol. The largest absolute Gasteiger partial charge is 0.464 e. The molecule has 2 aliphatic heterocycles. The Morgan fingerprint density at radius 2 is 2.08 bits per heavy atom. The van der Waals surface area contributed by atoms with E-state index in [1.165, 1.54) is 11.1 Å². The van der Waals surface area contributed by atoms with E-state index in [9.17, 15) is 24.3 Å².